The summed E-state index contributed by atoms with van der Waals surface area (Å²) in [5, 5.41) is 7.66. The molecule has 0 fully saturated rings. The molecule has 0 aromatic carbocycles. The van der Waals surface area contributed by atoms with Gasteiger partial charge in [-0.2, -0.15) is 0 Å². The highest BCUT2D eigenvalue weighted by Gasteiger charge is 2.05. The summed E-state index contributed by atoms with van der Waals surface area (Å²) in [6, 6.07) is 2.09. The SMILES string of the molecule is CN=C(NCc1ccn(C)c1)NCc1nc(C)c(C)s1. The van der Waals surface area contributed by atoms with Gasteiger partial charge in [-0.3, -0.25) is 4.99 Å². The smallest absolute Gasteiger partial charge is 0.191 e. The number of guanidine groups is 1. The lowest BCUT2D eigenvalue weighted by atomic mass is 10.3. The molecule has 0 aliphatic carbocycles. The van der Waals surface area contributed by atoms with Gasteiger partial charge in [-0.25, -0.2) is 4.98 Å². The van der Waals surface area contributed by atoms with E-state index in [-0.39, 0.29) is 0 Å². The molecule has 0 saturated carbocycles. The third kappa shape index (κ3) is 3.84. The summed E-state index contributed by atoms with van der Waals surface area (Å²) in [5.41, 5.74) is 2.34. The quantitative estimate of drug-likeness (QED) is 0.669. The zero-order valence-corrected chi connectivity index (χ0v) is 13.2. The van der Waals surface area contributed by atoms with Crippen molar-refractivity contribution in [2.75, 3.05) is 7.05 Å². The lowest BCUT2D eigenvalue weighted by Crippen LogP contribution is -2.36. The highest BCUT2D eigenvalue weighted by molar-refractivity contribution is 7.11. The van der Waals surface area contributed by atoms with Gasteiger partial charge in [0.1, 0.15) is 5.01 Å². The molecule has 0 saturated heterocycles. The van der Waals surface area contributed by atoms with E-state index >= 15 is 0 Å². The van der Waals surface area contributed by atoms with Gasteiger partial charge in [0.05, 0.1) is 12.2 Å². The van der Waals surface area contributed by atoms with E-state index in [9.17, 15) is 0 Å². The van der Waals surface area contributed by atoms with Gasteiger partial charge >= 0.3 is 0 Å². The molecule has 0 aliphatic heterocycles. The standard InChI is InChI=1S/C14H21N5S/c1-10-11(2)20-13(18-10)8-17-14(15-3)16-7-12-5-6-19(4)9-12/h5-6,9H,7-8H2,1-4H3,(H2,15,16,17). The van der Waals surface area contributed by atoms with E-state index in [4.69, 9.17) is 0 Å². The molecule has 0 aliphatic rings. The van der Waals surface area contributed by atoms with E-state index in [0.717, 1.165) is 23.2 Å². The Morgan fingerprint density at radius 1 is 1.35 bits per heavy atom. The Hall–Kier alpha value is -1.82. The molecule has 108 valence electrons. The minimum Gasteiger partial charge on any atom is -0.357 e. The molecule has 0 atom stereocenters. The topological polar surface area (TPSA) is 54.2 Å². The van der Waals surface area contributed by atoms with Crippen molar-refractivity contribution in [1.82, 2.24) is 20.2 Å². The zero-order valence-electron chi connectivity index (χ0n) is 12.4. The zero-order chi connectivity index (χ0) is 14.5. The van der Waals surface area contributed by atoms with Crippen LogP contribution in [-0.2, 0) is 20.1 Å². The molecular formula is C14H21N5S. The van der Waals surface area contributed by atoms with Gasteiger partial charge in [0, 0.05) is 37.9 Å². The van der Waals surface area contributed by atoms with Gasteiger partial charge in [0.25, 0.3) is 0 Å². The van der Waals surface area contributed by atoms with Crippen molar-refractivity contribution < 1.29 is 0 Å². The summed E-state index contributed by atoms with van der Waals surface area (Å²) in [6.45, 7) is 5.60. The lowest BCUT2D eigenvalue weighted by Gasteiger charge is -2.10. The summed E-state index contributed by atoms with van der Waals surface area (Å²) in [4.78, 5) is 10.00. The Labute approximate surface area is 123 Å². The Morgan fingerprint density at radius 3 is 2.65 bits per heavy atom. The number of aryl methyl sites for hydroxylation is 3. The third-order valence-corrected chi connectivity index (χ3v) is 4.13. The van der Waals surface area contributed by atoms with Crippen LogP contribution in [0, 0.1) is 13.8 Å². The summed E-state index contributed by atoms with van der Waals surface area (Å²) in [7, 11) is 3.79. The maximum absolute atomic E-state index is 4.51. The fourth-order valence-corrected chi connectivity index (χ4v) is 2.72. The molecule has 0 bridgehead atoms. The normalized spacial score (nSPS) is 11.7. The largest absolute Gasteiger partial charge is 0.357 e. The fourth-order valence-electron chi connectivity index (χ4n) is 1.85. The van der Waals surface area contributed by atoms with Crippen molar-refractivity contribution in [1.29, 1.82) is 0 Å². The van der Waals surface area contributed by atoms with Crippen molar-refractivity contribution in [3.63, 3.8) is 0 Å². The van der Waals surface area contributed by atoms with Crippen molar-refractivity contribution in [3.05, 3.63) is 39.6 Å². The summed E-state index contributed by atoms with van der Waals surface area (Å²) in [6.07, 6.45) is 4.13. The monoisotopic (exact) mass is 291 g/mol. The molecule has 0 unspecified atom stereocenters. The van der Waals surface area contributed by atoms with Crippen LogP contribution in [0.3, 0.4) is 0 Å². The number of aliphatic imine (C=N–C) groups is 1. The highest BCUT2D eigenvalue weighted by Crippen LogP contribution is 2.15. The maximum Gasteiger partial charge on any atom is 0.191 e. The first-order valence-electron chi connectivity index (χ1n) is 6.56. The minimum absolute atomic E-state index is 0.702. The Bertz CT molecular complexity index is 577. The molecule has 2 N–H and O–H groups in total. The average molecular weight is 291 g/mol. The van der Waals surface area contributed by atoms with Crippen LogP contribution >= 0.6 is 11.3 Å². The maximum atomic E-state index is 4.51. The third-order valence-electron chi connectivity index (χ3n) is 3.06. The second kappa shape index (κ2) is 6.56. The van der Waals surface area contributed by atoms with E-state index in [0.29, 0.717) is 6.54 Å². The molecular weight excluding hydrogens is 270 g/mol. The Balaban J connectivity index is 1.83. The van der Waals surface area contributed by atoms with Crippen LogP contribution in [0.4, 0.5) is 0 Å². The average Bonchev–Trinajstić information content (AvgIpc) is 2.97. The van der Waals surface area contributed by atoms with Crippen molar-refractivity contribution >= 4 is 17.3 Å². The first-order chi connectivity index (χ1) is 9.58. The predicted molar refractivity (Wildman–Crippen MR) is 84.0 cm³/mol. The van der Waals surface area contributed by atoms with Crippen molar-refractivity contribution in [3.8, 4) is 0 Å². The summed E-state index contributed by atoms with van der Waals surface area (Å²) in [5.74, 6) is 0.791. The van der Waals surface area contributed by atoms with Crippen molar-refractivity contribution in [2.45, 2.75) is 26.9 Å². The van der Waals surface area contributed by atoms with Gasteiger partial charge in [0.15, 0.2) is 5.96 Å². The second-order valence-electron chi connectivity index (χ2n) is 4.71. The molecule has 2 aromatic rings. The van der Waals surface area contributed by atoms with Gasteiger partial charge in [-0.1, -0.05) is 0 Å². The number of aromatic nitrogens is 2. The van der Waals surface area contributed by atoms with E-state index < -0.39 is 0 Å². The van der Waals surface area contributed by atoms with Crippen LogP contribution in [0.15, 0.2) is 23.5 Å². The van der Waals surface area contributed by atoms with Crippen LogP contribution < -0.4 is 10.6 Å². The minimum atomic E-state index is 0.702. The van der Waals surface area contributed by atoms with E-state index in [2.05, 4.69) is 39.8 Å². The Morgan fingerprint density at radius 2 is 2.10 bits per heavy atom. The highest BCUT2D eigenvalue weighted by atomic mass is 32.1. The molecule has 6 heteroatoms. The van der Waals surface area contributed by atoms with Crippen LogP contribution in [-0.4, -0.2) is 22.6 Å². The lowest BCUT2D eigenvalue weighted by molar-refractivity contribution is 0.801. The van der Waals surface area contributed by atoms with Crippen molar-refractivity contribution in [2.24, 2.45) is 12.0 Å². The van der Waals surface area contributed by atoms with Crippen LogP contribution in [0.5, 0.6) is 0 Å². The summed E-state index contributed by atoms with van der Waals surface area (Å²) < 4.78 is 2.04. The van der Waals surface area contributed by atoms with Crippen LogP contribution in [0.25, 0.3) is 0 Å². The van der Waals surface area contributed by atoms with Crippen LogP contribution in [0.1, 0.15) is 21.1 Å². The molecule has 20 heavy (non-hydrogen) atoms. The number of thiazole rings is 1. The van der Waals surface area contributed by atoms with Gasteiger partial charge < -0.3 is 15.2 Å². The molecule has 2 heterocycles. The van der Waals surface area contributed by atoms with Gasteiger partial charge in [-0.05, 0) is 25.5 Å². The van der Waals surface area contributed by atoms with E-state index in [1.807, 2.05) is 24.7 Å². The molecule has 2 aromatic heterocycles. The first kappa shape index (κ1) is 14.6. The molecule has 2 rings (SSSR count). The van der Waals surface area contributed by atoms with E-state index in [1.165, 1.54) is 10.4 Å². The number of nitrogens with one attached hydrogen (secondary N) is 2. The number of hydrogen-bond acceptors (Lipinski definition) is 3. The van der Waals surface area contributed by atoms with E-state index in [1.54, 1.807) is 18.4 Å². The number of nitrogens with zero attached hydrogens (tertiary/aromatic N) is 3. The second-order valence-corrected chi connectivity index (χ2v) is 6.00. The van der Waals surface area contributed by atoms with Gasteiger partial charge in [0.2, 0.25) is 0 Å². The molecule has 0 spiro atoms. The molecule has 0 amide bonds. The van der Waals surface area contributed by atoms with Crippen LogP contribution in [0.2, 0.25) is 0 Å². The molecule has 0 radical (unpaired) electrons. The predicted octanol–water partition coefficient (Wildman–Crippen LogP) is 1.96. The Kier molecular flexibility index (Phi) is 4.79. The summed E-state index contributed by atoms with van der Waals surface area (Å²) >= 11 is 1.72. The number of rotatable bonds is 4. The van der Waals surface area contributed by atoms with Gasteiger partial charge in [-0.15, -0.1) is 11.3 Å². The number of hydrogen-bond donors (Lipinski definition) is 2. The first-order valence-corrected chi connectivity index (χ1v) is 7.38. The molecule has 5 nitrogen and oxygen atoms in total. The fraction of sp³-hybridized carbons (Fsp3) is 0.429.